The molecule has 0 unspecified atom stereocenters. The highest BCUT2D eigenvalue weighted by atomic mass is 16.2. The maximum atomic E-state index is 12.8. The summed E-state index contributed by atoms with van der Waals surface area (Å²) in [7, 11) is 0. The second-order valence-corrected chi connectivity index (χ2v) is 9.45. The van der Waals surface area contributed by atoms with Crippen LogP contribution < -0.4 is 10.2 Å². The van der Waals surface area contributed by atoms with Gasteiger partial charge in [0, 0.05) is 38.4 Å². The number of likely N-dealkylation sites (tertiary alicyclic amines) is 1. The molecule has 0 aromatic heterocycles. The first kappa shape index (κ1) is 23.1. The van der Waals surface area contributed by atoms with Gasteiger partial charge in [-0.2, -0.15) is 0 Å². The third-order valence-corrected chi connectivity index (χ3v) is 6.62. The van der Waals surface area contributed by atoms with Gasteiger partial charge in [-0.15, -0.1) is 0 Å². The van der Waals surface area contributed by atoms with Gasteiger partial charge < -0.3 is 10.2 Å². The molecule has 1 amide bonds. The molecule has 1 aromatic carbocycles. The van der Waals surface area contributed by atoms with Crippen molar-refractivity contribution in [2.24, 2.45) is 5.92 Å². The number of carbonyl (C=O) groups excluding carboxylic acids is 1. The van der Waals surface area contributed by atoms with Gasteiger partial charge in [-0.1, -0.05) is 32.4 Å². The minimum Gasteiger partial charge on any atom is -0.369 e. The number of hydrogen-bond acceptors (Lipinski definition) is 4. The first-order valence-electron chi connectivity index (χ1n) is 12.1. The fraction of sp³-hybridized carbons (Fsp3) is 0.720. The van der Waals surface area contributed by atoms with E-state index in [0.29, 0.717) is 5.92 Å². The van der Waals surface area contributed by atoms with Crippen LogP contribution in [0.4, 0.5) is 5.69 Å². The average Bonchev–Trinajstić information content (AvgIpc) is 2.74. The van der Waals surface area contributed by atoms with Crippen molar-refractivity contribution in [1.29, 1.82) is 0 Å². The molecule has 0 spiro atoms. The van der Waals surface area contributed by atoms with Crippen molar-refractivity contribution in [3.63, 3.8) is 0 Å². The Morgan fingerprint density at radius 2 is 1.73 bits per heavy atom. The molecule has 30 heavy (non-hydrogen) atoms. The zero-order valence-electron chi connectivity index (χ0n) is 19.4. The molecule has 2 fully saturated rings. The molecule has 2 aliphatic heterocycles. The molecular formula is C25H42N4O. The number of hydrogen-bond donors (Lipinski definition) is 1. The Morgan fingerprint density at radius 1 is 1.00 bits per heavy atom. The fourth-order valence-electron chi connectivity index (χ4n) is 4.92. The van der Waals surface area contributed by atoms with Crippen LogP contribution in [0.2, 0.25) is 0 Å². The van der Waals surface area contributed by atoms with E-state index >= 15 is 0 Å². The lowest BCUT2D eigenvalue weighted by molar-refractivity contribution is -0.128. The van der Waals surface area contributed by atoms with Crippen LogP contribution in [0.1, 0.15) is 51.5 Å². The summed E-state index contributed by atoms with van der Waals surface area (Å²) >= 11 is 0. The maximum Gasteiger partial charge on any atom is 0.237 e. The molecule has 0 radical (unpaired) electrons. The van der Waals surface area contributed by atoms with Crippen molar-refractivity contribution in [2.45, 2.75) is 58.9 Å². The number of piperidine rings is 1. The Balaban J connectivity index is 1.31. The third kappa shape index (κ3) is 6.71. The van der Waals surface area contributed by atoms with Crippen LogP contribution in [-0.2, 0) is 4.79 Å². The van der Waals surface area contributed by atoms with Gasteiger partial charge >= 0.3 is 0 Å². The molecule has 1 N–H and O–H groups in total. The molecule has 0 saturated carbocycles. The van der Waals surface area contributed by atoms with Crippen LogP contribution in [0.15, 0.2) is 24.3 Å². The topological polar surface area (TPSA) is 38.8 Å². The van der Waals surface area contributed by atoms with E-state index < -0.39 is 0 Å². The predicted molar refractivity (Wildman–Crippen MR) is 126 cm³/mol. The van der Waals surface area contributed by atoms with Crippen molar-refractivity contribution in [3.05, 3.63) is 29.8 Å². The Kier molecular flexibility index (Phi) is 9.01. The standard InChI is InChI=1S/C25H42N4O/c1-21(2)24(29-14-6-4-7-15-29)25(30)26-12-5-8-13-27-16-18-28(19-17-27)23-11-9-10-22(3)20-23/h9-11,20-21,24H,4-8,12-19H2,1-3H3,(H,26,30)/t24-/m0/s1. The maximum absolute atomic E-state index is 12.8. The number of nitrogens with zero attached hydrogens (tertiary/aromatic N) is 3. The predicted octanol–water partition coefficient (Wildman–Crippen LogP) is 3.52. The number of anilines is 1. The molecule has 5 heteroatoms. The zero-order chi connectivity index (χ0) is 21.3. The SMILES string of the molecule is Cc1cccc(N2CCN(CCCCNC(=O)[C@H](C(C)C)N3CCCCC3)CC2)c1. The first-order valence-corrected chi connectivity index (χ1v) is 12.1. The van der Waals surface area contributed by atoms with E-state index in [1.807, 2.05) is 0 Å². The number of nitrogens with one attached hydrogen (secondary N) is 1. The lowest BCUT2D eigenvalue weighted by atomic mass is 9.98. The summed E-state index contributed by atoms with van der Waals surface area (Å²) in [6.45, 7) is 15.1. The quantitative estimate of drug-likeness (QED) is 0.628. The number of amides is 1. The number of piperazine rings is 1. The van der Waals surface area contributed by atoms with Crippen molar-refractivity contribution >= 4 is 11.6 Å². The second-order valence-electron chi connectivity index (χ2n) is 9.45. The molecule has 0 aliphatic carbocycles. The van der Waals surface area contributed by atoms with Gasteiger partial charge in [0.2, 0.25) is 5.91 Å². The first-order chi connectivity index (χ1) is 14.5. The molecule has 0 bridgehead atoms. The molecule has 1 aromatic rings. The van der Waals surface area contributed by atoms with E-state index in [9.17, 15) is 4.79 Å². The summed E-state index contributed by atoms with van der Waals surface area (Å²) in [5, 5.41) is 3.23. The van der Waals surface area contributed by atoms with Crippen molar-refractivity contribution < 1.29 is 4.79 Å². The number of aryl methyl sites for hydroxylation is 1. The summed E-state index contributed by atoms with van der Waals surface area (Å²) in [6.07, 6.45) is 5.99. The van der Waals surface area contributed by atoms with Gasteiger partial charge in [-0.3, -0.25) is 14.6 Å². The molecule has 2 saturated heterocycles. The van der Waals surface area contributed by atoms with Gasteiger partial charge in [0.15, 0.2) is 0 Å². The minimum atomic E-state index is 0.0417. The van der Waals surface area contributed by atoms with E-state index in [2.05, 4.69) is 65.1 Å². The monoisotopic (exact) mass is 414 g/mol. The lowest BCUT2D eigenvalue weighted by Crippen LogP contribution is -2.51. The van der Waals surface area contributed by atoms with Gasteiger partial charge in [0.25, 0.3) is 0 Å². The van der Waals surface area contributed by atoms with Crippen LogP contribution in [0, 0.1) is 12.8 Å². The molecule has 1 atom stereocenters. The molecular weight excluding hydrogens is 372 g/mol. The van der Waals surface area contributed by atoms with E-state index in [-0.39, 0.29) is 11.9 Å². The van der Waals surface area contributed by atoms with Crippen molar-refractivity contribution in [1.82, 2.24) is 15.1 Å². The molecule has 3 rings (SSSR count). The zero-order valence-corrected chi connectivity index (χ0v) is 19.4. The van der Waals surface area contributed by atoms with Crippen LogP contribution >= 0.6 is 0 Å². The largest absolute Gasteiger partial charge is 0.369 e. The summed E-state index contributed by atoms with van der Waals surface area (Å²) < 4.78 is 0. The molecule has 5 nitrogen and oxygen atoms in total. The van der Waals surface area contributed by atoms with E-state index in [4.69, 9.17) is 0 Å². The van der Waals surface area contributed by atoms with Crippen LogP contribution in [-0.4, -0.2) is 74.1 Å². The Hall–Kier alpha value is -1.59. The second kappa shape index (κ2) is 11.7. The number of benzene rings is 1. The minimum absolute atomic E-state index is 0.0417. The summed E-state index contributed by atoms with van der Waals surface area (Å²) in [6, 6.07) is 8.86. The van der Waals surface area contributed by atoms with Gasteiger partial charge in [-0.25, -0.2) is 0 Å². The Labute approximate surface area is 183 Å². The average molecular weight is 415 g/mol. The highest BCUT2D eigenvalue weighted by Crippen LogP contribution is 2.19. The van der Waals surface area contributed by atoms with E-state index in [1.54, 1.807) is 0 Å². The third-order valence-electron chi connectivity index (χ3n) is 6.62. The van der Waals surface area contributed by atoms with Gasteiger partial charge in [0.1, 0.15) is 0 Å². The highest BCUT2D eigenvalue weighted by Gasteiger charge is 2.29. The van der Waals surface area contributed by atoms with Crippen LogP contribution in [0.25, 0.3) is 0 Å². The summed E-state index contributed by atoms with van der Waals surface area (Å²) in [5.41, 5.74) is 2.68. The van der Waals surface area contributed by atoms with Crippen molar-refractivity contribution in [2.75, 3.05) is 57.3 Å². The van der Waals surface area contributed by atoms with Gasteiger partial charge in [0.05, 0.1) is 6.04 Å². The van der Waals surface area contributed by atoms with Crippen LogP contribution in [0.3, 0.4) is 0 Å². The molecule has 168 valence electrons. The Bertz CT molecular complexity index is 648. The smallest absolute Gasteiger partial charge is 0.237 e. The number of carbonyl (C=O) groups is 1. The molecule has 2 aliphatic rings. The highest BCUT2D eigenvalue weighted by molar-refractivity contribution is 5.82. The van der Waals surface area contributed by atoms with E-state index in [1.165, 1.54) is 30.5 Å². The van der Waals surface area contributed by atoms with E-state index in [0.717, 1.165) is 65.2 Å². The summed E-state index contributed by atoms with van der Waals surface area (Å²) in [5.74, 6) is 0.603. The molecule has 2 heterocycles. The fourth-order valence-corrected chi connectivity index (χ4v) is 4.92. The van der Waals surface area contributed by atoms with Crippen LogP contribution in [0.5, 0.6) is 0 Å². The van der Waals surface area contributed by atoms with Crippen molar-refractivity contribution in [3.8, 4) is 0 Å². The Morgan fingerprint density at radius 3 is 2.40 bits per heavy atom. The number of unbranched alkanes of at least 4 members (excludes halogenated alkanes) is 1. The normalized spacial score (nSPS) is 19.8. The lowest BCUT2D eigenvalue weighted by Gasteiger charge is -2.36. The number of rotatable bonds is 9. The van der Waals surface area contributed by atoms with Gasteiger partial charge in [-0.05, 0) is 75.9 Å². The summed E-state index contributed by atoms with van der Waals surface area (Å²) in [4.78, 5) is 20.2.